The van der Waals surface area contributed by atoms with Crippen molar-refractivity contribution in [1.29, 1.82) is 0 Å². The molecule has 29 heavy (non-hydrogen) atoms. The van der Waals surface area contributed by atoms with Crippen LogP contribution in [0, 0.1) is 10.1 Å². The van der Waals surface area contributed by atoms with Crippen LogP contribution in [-0.4, -0.2) is 29.7 Å². The number of nitrogens with zero attached hydrogens (tertiary/aromatic N) is 3. The first-order valence-corrected chi connectivity index (χ1v) is 10.4. The zero-order chi connectivity index (χ0) is 21.4. The summed E-state index contributed by atoms with van der Waals surface area (Å²) in [7, 11) is -3.91. The number of benzene rings is 1. The maximum atomic E-state index is 13.0. The monoisotopic (exact) mass is 452 g/mol. The molecule has 0 radical (unpaired) electrons. The second kappa shape index (κ2) is 7.92. The average molecular weight is 453 g/mol. The number of rotatable bonds is 8. The van der Waals surface area contributed by atoms with Gasteiger partial charge >= 0.3 is 6.18 Å². The third-order valence-electron chi connectivity index (χ3n) is 4.36. The molecule has 158 valence electrons. The van der Waals surface area contributed by atoms with Gasteiger partial charge in [-0.1, -0.05) is 11.6 Å². The average Bonchev–Trinajstić information content (AvgIpc) is 3.41. The molecule has 1 N–H and O–H groups in total. The van der Waals surface area contributed by atoms with Crippen molar-refractivity contribution in [3.8, 4) is 0 Å². The van der Waals surface area contributed by atoms with Gasteiger partial charge in [0.05, 0.1) is 20.5 Å². The van der Waals surface area contributed by atoms with Crippen molar-refractivity contribution in [3.05, 3.63) is 50.8 Å². The van der Waals surface area contributed by atoms with Crippen LogP contribution >= 0.6 is 11.6 Å². The highest BCUT2D eigenvalue weighted by Gasteiger charge is 2.41. The van der Waals surface area contributed by atoms with Gasteiger partial charge in [-0.2, -0.15) is 18.3 Å². The smallest absolute Gasteiger partial charge is 0.267 e. The summed E-state index contributed by atoms with van der Waals surface area (Å²) in [6, 6.07) is 4.35. The van der Waals surface area contributed by atoms with Crippen molar-refractivity contribution in [2.24, 2.45) is 0 Å². The summed E-state index contributed by atoms with van der Waals surface area (Å²) in [5.74, 6) is -0.0668. The number of nitro groups is 1. The lowest BCUT2D eigenvalue weighted by molar-refractivity contribution is -0.384. The Morgan fingerprint density at radius 2 is 1.90 bits per heavy atom. The van der Waals surface area contributed by atoms with Crippen LogP contribution in [0.3, 0.4) is 0 Å². The van der Waals surface area contributed by atoms with E-state index >= 15 is 0 Å². The van der Waals surface area contributed by atoms with Gasteiger partial charge < -0.3 is 0 Å². The Kier molecular flexibility index (Phi) is 5.88. The predicted molar refractivity (Wildman–Crippen MR) is 97.1 cm³/mol. The Balaban J connectivity index is 1.64. The van der Waals surface area contributed by atoms with E-state index in [4.69, 9.17) is 11.6 Å². The summed E-state index contributed by atoms with van der Waals surface area (Å²) < 4.78 is 67.1. The highest BCUT2D eigenvalue weighted by molar-refractivity contribution is 7.89. The van der Waals surface area contributed by atoms with E-state index in [1.807, 2.05) is 0 Å². The van der Waals surface area contributed by atoms with Crippen molar-refractivity contribution >= 4 is 27.3 Å². The second-order valence-electron chi connectivity index (χ2n) is 6.55. The van der Waals surface area contributed by atoms with Gasteiger partial charge in [0, 0.05) is 31.1 Å². The minimum Gasteiger partial charge on any atom is -0.267 e. The van der Waals surface area contributed by atoms with Gasteiger partial charge in [-0.15, -0.1) is 0 Å². The highest BCUT2D eigenvalue weighted by Crippen LogP contribution is 2.46. The summed E-state index contributed by atoms with van der Waals surface area (Å²) in [6.07, 6.45) is -3.02. The fourth-order valence-corrected chi connectivity index (χ4v) is 4.29. The van der Waals surface area contributed by atoms with Gasteiger partial charge in [-0.05, 0) is 31.4 Å². The molecule has 0 atom stereocenters. The van der Waals surface area contributed by atoms with E-state index in [1.165, 1.54) is 4.68 Å². The molecule has 1 aromatic carbocycles. The Bertz CT molecular complexity index is 1020. The molecule has 1 aliphatic carbocycles. The third-order valence-corrected chi connectivity index (χ3v) is 6.21. The molecule has 0 amide bonds. The summed E-state index contributed by atoms with van der Waals surface area (Å²) in [4.78, 5) is 9.83. The molecule has 1 heterocycles. The molecule has 1 aliphatic rings. The first-order valence-electron chi connectivity index (χ1n) is 8.58. The number of hydrogen-bond acceptors (Lipinski definition) is 5. The minimum absolute atomic E-state index is 0.0533. The van der Waals surface area contributed by atoms with E-state index < -0.39 is 31.8 Å². The first kappa shape index (κ1) is 21.5. The lowest BCUT2D eigenvalue weighted by Gasteiger charge is -2.09. The van der Waals surface area contributed by atoms with Crippen molar-refractivity contribution < 1.29 is 26.5 Å². The van der Waals surface area contributed by atoms with E-state index in [1.54, 1.807) is 0 Å². The van der Waals surface area contributed by atoms with Crippen LogP contribution in [0.2, 0.25) is 5.02 Å². The first-order chi connectivity index (χ1) is 13.5. The zero-order valence-corrected chi connectivity index (χ0v) is 16.4. The molecule has 3 rings (SSSR count). The van der Waals surface area contributed by atoms with Crippen LogP contribution < -0.4 is 4.72 Å². The summed E-state index contributed by atoms with van der Waals surface area (Å²) in [6.45, 7) is 0.00662. The number of hydrogen-bond donors (Lipinski definition) is 1. The number of non-ortho nitro benzene ring substituents is 1. The van der Waals surface area contributed by atoms with Gasteiger partial charge in [-0.25, -0.2) is 13.1 Å². The number of nitro benzene ring substituents is 1. The van der Waals surface area contributed by atoms with Crippen molar-refractivity contribution in [1.82, 2.24) is 14.5 Å². The van der Waals surface area contributed by atoms with Crippen LogP contribution in [0.15, 0.2) is 29.2 Å². The standard InChI is InChI=1S/C16H16ClF3N4O4S/c17-13-14(10-2-3-10)23(22-15(13)16(18,19)20)9-1-8-21-29(27,28)12-6-4-11(5-7-12)24(25)26/h4-7,10,21H,1-3,8-9H2. The largest absolute Gasteiger partial charge is 0.436 e. The molecular weight excluding hydrogens is 437 g/mol. The van der Waals surface area contributed by atoms with E-state index in [9.17, 15) is 31.7 Å². The fourth-order valence-electron chi connectivity index (χ4n) is 2.82. The normalized spacial score (nSPS) is 14.9. The maximum Gasteiger partial charge on any atom is 0.436 e. The predicted octanol–water partition coefficient (Wildman–Crippen LogP) is 3.71. The van der Waals surface area contributed by atoms with Gasteiger partial charge in [0.25, 0.3) is 5.69 Å². The summed E-state index contributed by atoms with van der Waals surface area (Å²) in [5.41, 5.74) is -1.04. The number of sulfonamides is 1. The van der Waals surface area contributed by atoms with E-state index in [-0.39, 0.29) is 36.0 Å². The number of halogens is 4. The van der Waals surface area contributed by atoms with Gasteiger partial charge in [0.2, 0.25) is 10.0 Å². The molecule has 1 aromatic heterocycles. The van der Waals surface area contributed by atoms with Gasteiger partial charge in [0.1, 0.15) is 0 Å². The SMILES string of the molecule is O=[N+]([O-])c1ccc(S(=O)(=O)NCCCn2nc(C(F)(F)F)c(Cl)c2C2CC2)cc1. The Hall–Kier alpha value is -2.18. The molecule has 0 unspecified atom stereocenters. The molecule has 0 bridgehead atoms. The van der Waals surface area contributed by atoms with Crippen LogP contribution in [0.25, 0.3) is 0 Å². The topological polar surface area (TPSA) is 107 Å². The van der Waals surface area contributed by atoms with Crippen LogP contribution in [0.1, 0.15) is 36.6 Å². The number of aryl methyl sites for hydroxylation is 1. The molecule has 8 nitrogen and oxygen atoms in total. The zero-order valence-electron chi connectivity index (χ0n) is 14.8. The van der Waals surface area contributed by atoms with E-state index in [0.29, 0.717) is 5.69 Å². The molecule has 2 aromatic rings. The van der Waals surface area contributed by atoms with Gasteiger partial charge in [0.15, 0.2) is 5.69 Å². The Morgan fingerprint density at radius 3 is 2.41 bits per heavy atom. The summed E-state index contributed by atoms with van der Waals surface area (Å²) >= 11 is 5.89. The Labute approximate surface area is 168 Å². The molecule has 1 fully saturated rings. The van der Waals surface area contributed by atoms with Crippen LogP contribution in [0.4, 0.5) is 18.9 Å². The Morgan fingerprint density at radius 1 is 1.28 bits per heavy atom. The molecule has 13 heteroatoms. The van der Waals surface area contributed by atoms with Crippen LogP contribution in [0.5, 0.6) is 0 Å². The van der Waals surface area contributed by atoms with E-state index in [0.717, 1.165) is 37.1 Å². The number of nitrogens with one attached hydrogen (secondary N) is 1. The summed E-state index contributed by atoms with van der Waals surface area (Å²) in [5, 5.41) is 13.8. The van der Waals surface area contributed by atoms with E-state index in [2.05, 4.69) is 9.82 Å². The quantitative estimate of drug-likeness (QED) is 0.373. The van der Waals surface area contributed by atoms with Crippen molar-refractivity contribution in [3.63, 3.8) is 0 Å². The minimum atomic E-state index is -4.66. The van der Waals surface area contributed by atoms with Crippen molar-refractivity contribution in [2.45, 2.75) is 42.8 Å². The molecule has 1 saturated carbocycles. The van der Waals surface area contributed by atoms with Gasteiger partial charge in [-0.3, -0.25) is 14.8 Å². The molecule has 0 spiro atoms. The second-order valence-corrected chi connectivity index (χ2v) is 8.69. The molecule has 0 aliphatic heterocycles. The maximum absolute atomic E-state index is 13.0. The fraction of sp³-hybridized carbons (Fsp3) is 0.438. The third kappa shape index (κ3) is 4.87. The highest BCUT2D eigenvalue weighted by atomic mass is 35.5. The number of alkyl halides is 3. The lowest BCUT2D eigenvalue weighted by atomic mass is 10.2. The molecule has 0 saturated heterocycles. The van der Waals surface area contributed by atoms with Crippen LogP contribution in [-0.2, 0) is 22.7 Å². The number of aromatic nitrogens is 2. The molecular formula is C16H16ClF3N4O4S. The van der Waals surface area contributed by atoms with Crippen molar-refractivity contribution in [2.75, 3.05) is 6.54 Å². The lowest BCUT2D eigenvalue weighted by Crippen LogP contribution is -2.25.